The van der Waals surface area contributed by atoms with Gasteiger partial charge in [-0.3, -0.25) is 0 Å². The first-order chi connectivity index (χ1) is 0. The molecule has 0 aliphatic rings. The van der Waals surface area contributed by atoms with E-state index in [9.17, 15) is 0 Å². The Balaban J connectivity index is 0. The summed E-state index contributed by atoms with van der Waals surface area (Å²) >= 11 is 0. The molecule has 0 aliphatic carbocycles. The third-order valence-corrected chi connectivity index (χ3v) is 0. The maximum absolute atomic E-state index is 0. The predicted molar refractivity (Wildman–Crippen MR) is 7.23 cm³/mol. The van der Waals surface area contributed by atoms with Crippen LogP contribution >= 0.6 is 0 Å². The van der Waals surface area contributed by atoms with Crippen LogP contribution in [-0.4, -0.2) is 11.0 Å². The fraction of sp³-hybridized carbons (Fsp3) is 0. The number of hydrogen-bond donors (Lipinski definition) is 0. The average Bonchev–Trinajstić information content (AvgIpc) is 0. The van der Waals surface area contributed by atoms with E-state index >= 15 is 0 Å². The van der Waals surface area contributed by atoms with Gasteiger partial charge in [0.2, 0.25) is 0 Å². The molecule has 4 heteroatoms. The zero-order chi connectivity index (χ0) is 0. The summed E-state index contributed by atoms with van der Waals surface area (Å²) < 4.78 is 0. The first-order valence-electron chi connectivity index (χ1n) is 0. The topological polar surface area (TPSA) is 63.0 Å². The minimum atomic E-state index is 0. The molecule has 0 heterocycles. The third kappa shape index (κ3) is 12.6. The normalized spacial score (nSPS) is 0. The summed E-state index contributed by atoms with van der Waals surface area (Å²) in [4.78, 5) is 0. The van der Waals surface area contributed by atoms with Crippen LogP contribution in [0.3, 0.4) is 0 Å². The molecule has 0 aliphatic heterocycles. The smallest absolute Gasteiger partial charge is 0 e. The molecule has 0 aromatic carbocycles. The molecule has 0 atom stereocenters. The summed E-state index contributed by atoms with van der Waals surface area (Å²) in [7, 11) is 0. The molecular formula is H4CuNiO2. The second kappa shape index (κ2) is 38.9. The SMILES string of the molecule is O.O.[Cu].[Ni]. The standard InChI is InChI=1S/Cu.Ni.2H2O/h;;2*1H2. The van der Waals surface area contributed by atoms with Crippen LogP contribution < -0.4 is 0 Å². The van der Waals surface area contributed by atoms with Gasteiger partial charge in [0.05, 0.1) is 0 Å². The Morgan fingerprint density at radius 3 is 0.750 bits per heavy atom. The van der Waals surface area contributed by atoms with E-state index in [1.54, 1.807) is 0 Å². The summed E-state index contributed by atoms with van der Waals surface area (Å²) in [6, 6.07) is 0. The molecule has 37 valence electrons. The van der Waals surface area contributed by atoms with E-state index < -0.39 is 0 Å². The minimum absolute atomic E-state index is 0. The quantitative estimate of drug-likeness (QED) is 0.379. The van der Waals surface area contributed by atoms with Crippen LogP contribution in [0.5, 0.6) is 0 Å². The molecular weight excluding hydrogens is 154 g/mol. The van der Waals surface area contributed by atoms with Crippen molar-refractivity contribution in [3.05, 3.63) is 0 Å². The Hall–Kier alpha value is 0.933. The Morgan fingerprint density at radius 2 is 0.750 bits per heavy atom. The van der Waals surface area contributed by atoms with Gasteiger partial charge in [-0.05, 0) is 0 Å². The Kier molecular flexibility index (Phi) is 852. The van der Waals surface area contributed by atoms with E-state index in [0.29, 0.717) is 0 Å². The second-order valence-corrected chi connectivity index (χ2v) is 0. The molecule has 0 spiro atoms. The molecule has 2 nitrogen and oxygen atoms in total. The molecule has 4 heavy (non-hydrogen) atoms. The van der Waals surface area contributed by atoms with Gasteiger partial charge in [-0.15, -0.1) is 0 Å². The first-order valence-corrected chi connectivity index (χ1v) is 0. The maximum atomic E-state index is 0. The summed E-state index contributed by atoms with van der Waals surface area (Å²) in [6.45, 7) is 0. The van der Waals surface area contributed by atoms with Gasteiger partial charge in [0.15, 0.2) is 0 Å². The zero-order valence-electron chi connectivity index (χ0n) is 1.62. The van der Waals surface area contributed by atoms with Gasteiger partial charge in [-0.2, -0.15) is 0 Å². The summed E-state index contributed by atoms with van der Waals surface area (Å²) in [5.74, 6) is 0. The van der Waals surface area contributed by atoms with E-state index in [1.165, 1.54) is 0 Å². The van der Waals surface area contributed by atoms with Crippen molar-refractivity contribution in [3.8, 4) is 0 Å². The largest absolute Gasteiger partial charge is 0.412 e. The molecule has 0 rings (SSSR count). The van der Waals surface area contributed by atoms with Crippen molar-refractivity contribution < 1.29 is 44.5 Å². The summed E-state index contributed by atoms with van der Waals surface area (Å²) in [5.41, 5.74) is 0. The summed E-state index contributed by atoms with van der Waals surface area (Å²) in [5, 5.41) is 0. The van der Waals surface area contributed by atoms with Crippen molar-refractivity contribution in [2.24, 2.45) is 0 Å². The van der Waals surface area contributed by atoms with Gasteiger partial charge < -0.3 is 11.0 Å². The average molecular weight is 158 g/mol. The molecule has 0 unspecified atom stereocenters. The van der Waals surface area contributed by atoms with Crippen LogP contribution in [0.1, 0.15) is 0 Å². The van der Waals surface area contributed by atoms with Crippen molar-refractivity contribution >= 4 is 0 Å². The molecule has 1 radical (unpaired) electrons. The van der Waals surface area contributed by atoms with E-state index in [1.807, 2.05) is 0 Å². The van der Waals surface area contributed by atoms with Crippen LogP contribution in [0, 0.1) is 0 Å². The van der Waals surface area contributed by atoms with Gasteiger partial charge in [-0.1, -0.05) is 0 Å². The van der Waals surface area contributed by atoms with E-state index in [-0.39, 0.29) is 44.5 Å². The van der Waals surface area contributed by atoms with Gasteiger partial charge >= 0.3 is 0 Å². The van der Waals surface area contributed by atoms with Crippen LogP contribution in [0.2, 0.25) is 0 Å². The molecule has 0 amide bonds. The van der Waals surface area contributed by atoms with Crippen LogP contribution in [-0.2, 0) is 33.6 Å². The van der Waals surface area contributed by atoms with Crippen molar-refractivity contribution in [2.45, 2.75) is 0 Å². The molecule has 0 saturated carbocycles. The van der Waals surface area contributed by atoms with E-state index in [2.05, 4.69) is 0 Å². The van der Waals surface area contributed by atoms with E-state index in [4.69, 9.17) is 0 Å². The predicted octanol–water partition coefficient (Wildman–Crippen LogP) is -1.65. The molecule has 0 aromatic heterocycles. The molecule has 4 N–H and O–H groups in total. The molecule has 0 saturated heterocycles. The van der Waals surface area contributed by atoms with Crippen molar-refractivity contribution in [2.75, 3.05) is 0 Å². The van der Waals surface area contributed by atoms with Gasteiger partial charge in [0.25, 0.3) is 0 Å². The van der Waals surface area contributed by atoms with Gasteiger partial charge in [-0.25, -0.2) is 0 Å². The van der Waals surface area contributed by atoms with Crippen LogP contribution in [0.4, 0.5) is 0 Å². The Bertz CT molecular complexity index is 6.00. The molecule has 0 fully saturated rings. The fourth-order valence-electron chi connectivity index (χ4n) is 0. The van der Waals surface area contributed by atoms with Crippen molar-refractivity contribution in [3.63, 3.8) is 0 Å². The zero-order valence-corrected chi connectivity index (χ0v) is 3.55. The van der Waals surface area contributed by atoms with Crippen molar-refractivity contribution in [1.82, 2.24) is 0 Å². The maximum Gasteiger partial charge on any atom is 0 e. The van der Waals surface area contributed by atoms with E-state index in [0.717, 1.165) is 0 Å². The van der Waals surface area contributed by atoms with Crippen molar-refractivity contribution in [1.29, 1.82) is 0 Å². The number of hydrogen-bond acceptors (Lipinski definition) is 0. The minimum Gasteiger partial charge on any atom is -0.412 e. The summed E-state index contributed by atoms with van der Waals surface area (Å²) in [6.07, 6.45) is 0. The Labute approximate surface area is 45.0 Å². The number of rotatable bonds is 0. The molecule has 0 aromatic rings. The van der Waals surface area contributed by atoms with Gasteiger partial charge in [0, 0.05) is 33.6 Å². The monoisotopic (exact) mass is 157 g/mol. The Morgan fingerprint density at radius 1 is 0.750 bits per heavy atom. The molecule has 0 bridgehead atoms. The third-order valence-electron chi connectivity index (χ3n) is 0. The van der Waals surface area contributed by atoms with Crippen LogP contribution in [0.25, 0.3) is 0 Å². The van der Waals surface area contributed by atoms with Gasteiger partial charge in [0.1, 0.15) is 0 Å². The fourth-order valence-corrected chi connectivity index (χ4v) is 0. The first kappa shape index (κ1) is 87.7. The second-order valence-electron chi connectivity index (χ2n) is 0. The van der Waals surface area contributed by atoms with Crippen LogP contribution in [0.15, 0.2) is 0 Å².